The minimum atomic E-state index is -0.837. The molecule has 0 amide bonds. The van der Waals surface area contributed by atoms with Crippen LogP contribution in [-0.2, 0) is 6.42 Å². The Morgan fingerprint density at radius 2 is 1.88 bits per heavy atom. The number of aromatic carboxylic acids is 1. The van der Waals surface area contributed by atoms with Crippen LogP contribution in [0.3, 0.4) is 0 Å². The van der Waals surface area contributed by atoms with Crippen LogP contribution in [0, 0.1) is 17.8 Å². The molecule has 1 aliphatic heterocycles. The topological polar surface area (TPSA) is 49.3 Å². The van der Waals surface area contributed by atoms with Crippen molar-refractivity contribution in [2.75, 3.05) is 5.32 Å². The first kappa shape index (κ1) is 15.9. The molecule has 5 rings (SSSR count). The molecule has 0 saturated heterocycles. The monoisotopic (exact) mass is 347 g/mol. The largest absolute Gasteiger partial charge is 0.478 e. The minimum Gasteiger partial charge on any atom is -0.478 e. The number of benzene rings is 2. The molecule has 2 saturated carbocycles. The number of carboxylic acid groups (broad SMARTS) is 1. The van der Waals surface area contributed by atoms with E-state index >= 15 is 0 Å². The van der Waals surface area contributed by atoms with Gasteiger partial charge in [0, 0.05) is 0 Å². The van der Waals surface area contributed by atoms with Crippen molar-refractivity contribution in [1.82, 2.24) is 0 Å². The molecule has 2 bridgehead atoms. The maximum Gasteiger partial charge on any atom is 0.337 e. The standard InChI is InChI=1S/C23H25NO2/c1-2-13-6-8-14(9-7-13)21-20-16-11-10-15(12-16)19(20)17-4-3-5-18(23(25)26)22(17)24-21/h3-9,15-16,19-21,24H,2,10-12H2,1H3,(H,25,26)/t15-,16-,19+,20-,21-/m0/s1. The number of carbonyl (C=O) groups is 1. The van der Waals surface area contributed by atoms with Crippen LogP contribution in [0.15, 0.2) is 42.5 Å². The van der Waals surface area contributed by atoms with Crippen molar-refractivity contribution in [1.29, 1.82) is 0 Å². The molecule has 0 unspecified atom stereocenters. The van der Waals surface area contributed by atoms with Crippen molar-refractivity contribution in [2.45, 2.75) is 44.6 Å². The summed E-state index contributed by atoms with van der Waals surface area (Å²) in [6, 6.07) is 15.0. The van der Waals surface area contributed by atoms with Crippen LogP contribution in [0.5, 0.6) is 0 Å². The maximum atomic E-state index is 11.8. The van der Waals surface area contributed by atoms with Crippen molar-refractivity contribution < 1.29 is 9.90 Å². The summed E-state index contributed by atoms with van der Waals surface area (Å²) in [5, 5.41) is 13.4. The molecule has 2 aliphatic carbocycles. The summed E-state index contributed by atoms with van der Waals surface area (Å²) in [5.41, 5.74) is 5.16. The minimum absolute atomic E-state index is 0.217. The van der Waals surface area contributed by atoms with Gasteiger partial charge < -0.3 is 10.4 Å². The molecule has 0 aromatic heterocycles. The number of carboxylic acids is 1. The van der Waals surface area contributed by atoms with E-state index in [0.29, 0.717) is 23.3 Å². The van der Waals surface area contributed by atoms with Crippen molar-refractivity contribution in [3.05, 3.63) is 64.7 Å². The van der Waals surface area contributed by atoms with Gasteiger partial charge in [-0.15, -0.1) is 0 Å². The zero-order chi connectivity index (χ0) is 17.8. The van der Waals surface area contributed by atoms with Crippen molar-refractivity contribution in [2.24, 2.45) is 17.8 Å². The van der Waals surface area contributed by atoms with Crippen molar-refractivity contribution in [3.8, 4) is 0 Å². The van der Waals surface area contributed by atoms with Gasteiger partial charge in [-0.05, 0) is 72.1 Å². The van der Waals surface area contributed by atoms with Crippen LogP contribution < -0.4 is 5.32 Å². The van der Waals surface area contributed by atoms with Crippen LogP contribution in [0.1, 0.15) is 65.2 Å². The summed E-state index contributed by atoms with van der Waals surface area (Å²) in [6.07, 6.45) is 4.97. The van der Waals surface area contributed by atoms with Crippen LogP contribution in [0.2, 0.25) is 0 Å². The second-order valence-electron chi connectivity index (χ2n) is 8.23. The zero-order valence-corrected chi connectivity index (χ0v) is 15.1. The Labute approximate surface area is 154 Å². The number of anilines is 1. The van der Waals surface area contributed by atoms with Gasteiger partial charge in [-0.1, -0.05) is 43.3 Å². The Kier molecular flexibility index (Phi) is 3.59. The summed E-state index contributed by atoms with van der Waals surface area (Å²) < 4.78 is 0. The fraction of sp³-hybridized carbons (Fsp3) is 0.435. The fourth-order valence-electron chi connectivity index (χ4n) is 5.98. The summed E-state index contributed by atoms with van der Waals surface area (Å²) in [6.45, 7) is 2.18. The second kappa shape index (κ2) is 5.87. The number of hydrogen-bond donors (Lipinski definition) is 2. The highest BCUT2D eigenvalue weighted by atomic mass is 16.4. The normalized spacial score (nSPS) is 31.2. The Hall–Kier alpha value is -2.29. The van der Waals surface area contributed by atoms with Gasteiger partial charge in [0.05, 0.1) is 17.3 Å². The lowest BCUT2D eigenvalue weighted by molar-refractivity contribution is 0.0697. The molecule has 2 aromatic rings. The lowest BCUT2D eigenvalue weighted by Crippen LogP contribution is -2.36. The molecule has 3 nitrogen and oxygen atoms in total. The summed E-state index contributed by atoms with van der Waals surface area (Å²) in [4.78, 5) is 11.8. The summed E-state index contributed by atoms with van der Waals surface area (Å²) >= 11 is 0. The van der Waals surface area contributed by atoms with E-state index in [1.165, 1.54) is 36.0 Å². The number of rotatable bonds is 3. The van der Waals surface area contributed by atoms with Crippen LogP contribution in [0.4, 0.5) is 5.69 Å². The van der Waals surface area contributed by atoms with Gasteiger partial charge in [-0.25, -0.2) is 4.79 Å². The fourth-order valence-corrected chi connectivity index (χ4v) is 5.98. The number of aryl methyl sites for hydroxylation is 1. The SMILES string of the molecule is CCc1ccc([C@@H]2Nc3c(C(=O)O)cccc3[C@H]3[C@H]4CC[C@@H](C4)[C@@H]32)cc1. The van der Waals surface area contributed by atoms with Crippen LogP contribution in [0.25, 0.3) is 0 Å². The summed E-state index contributed by atoms with van der Waals surface area (Å²) in [5.74, 6) is 1.72. The highest BCUT2D eigenvalue weighted by Gasteiger charge is 2.54. The van der Waals surface area contributed by atoms with Gasteiger partial charge >= 0.3 is 5.97 Å². The number of nitrogens with one attached hydrogen (secondary N) is 1. The highest BCUT2D eigenvalue weighted by molar-refractivity contribution is 5.95. The number of para-hydroxylation sites is 1. The third-order valence-electron chi connectivity index (χ3n) is 7.10. The van der Waals surface area contributed by atoms with Gasteiger partial charge in [-0.2, -0.15) is 0 Å². The maximum absolute atomic E-state index is 11.8. The van der Waals surface area contributed by atoms with E-state index in [0.717, 1.165) is 18.0 Å². The third kappa shape index (κ3) is 2.22. The van der Waals surface area contributed by atoms with Crippen LogP contribution >= 0.6 is 0 Å². The Morgan fingerprint density at radius 3 is 2.62 bits per heavy atom. The average Bonchev–Trinajstić information content (AvgIpc) is 3.29. The molecule has 5 atom stereocenters. The van der Waals surface area contributed by atoms with E-state index in [-0.39, 0.29) is 6.04 Å². The lowest BCUT2D eigenvalue weighted by Gasteiger charge is -2.44. The molecular formula is C23H25NO2. The summed E-state index contributed by atoms with van der Waals surface area (Å²) in [7, 11) is 0. The molecule has 0 spiro atoms. The van der Waals surface area contributed by atoms with Crippen LogP contribution in [-0.4, -0.2) is 11.1 Å². The highest BCUT2D eigenvalue weighted by Crippen LogP contribution is 2.63. The van der Waals surface area contributed by atoms with E-state index in [9.17, 15) is 9.90 Å². The van der Waals surface area contributed by atoms with Gasteiger partial charge in [0.1, 0.15) is 0 Å². The van der Waals surface area contributed by atoms with Crippen molar-refractivity contribution in [3.63, 3.8) is 0 Å². The first-order chi connectivity index (χ1) is 12.7. The molecule has 134 valence electrons. The second-order valence-corrected chi connectivity index (χ2v) is 8.23. The Balaban J connectivity index is 1.64. The Morgan fingerprint density at radius 1 is 1.12 bits per heavy atom. The molecule has 2 fully saturated rings. The molecule has 26 heavy (non-hydrogen) atoms. The van der Waals surface area contributed by atoms with E-state index in [1.54, 1.807) is 6.07 Å². The first-order valence-corrected chi connectivity index (χ1v) is 9.89. The van der Waals surface area contributed by atoms with E-state index < -0.39 is 5.97 Å². The number of fused-ring (bicyclic) bond motifs is 7. The Bertz CT molecular complexity index is 857. The number of hydrogen-bond acceptors (Lipinski definition) is 2. The molecule has 0 radical (unpaired) electrons. The smallest absolute Gasteiger partial charge is 0.337 e. The molecule has 2 N–H and O–H groups in total. The molecule has 2 aromatic carbocycles. The lowest BCUT2D eigenvalue weighted by atomic mass is 9.67. The molecular weight excluding hydrogens is 322 g/mol. The van der Waals surface area contributed by atoms with Gasteiger partial charge in [0.25, 0.3) is 0 Å². The molecule has 3 heteroatoms. The van der Waals surface area contributed by atoms with E-state index in [2.05, 4.69) is 42.6 Å². The van der Waals surface area contributed by atoms with Gasteiger partial charge in [-0.3, -0.25) is 0 Å². The molecule has 3 aliphatic rings. The van der Waals surface area contributed by atoms with Crippen molar-refractivity contribution >= 4 is 11.7 Å². The van der Waals surface area contributed by atoms with Gasteiger partial charge in [0.15, 0.2) is 0 Å². The predicted molar refractivity (Wildman–Crippen MR) is 103 cm³/mol. The zero-order valence-electron chi connectivity index (χ0n) is 15.1. The molecule has 1 heterocycles. The third-order valence-corrected chi connectivity index (χ3v) is 7.10. The quantitative estimate of drug-likeness (QED) is 0.798. The predicted octanol–water partition coefficient (Wildman–Crippen LogP) is 5.24. The first-order valence-electron chi connectivity index (χ1n) is 9.89. The average molecular weight is 347 g/mol. The van der Waals surface area contributed by atoms with E-state index in [4.69, 9.17) is 0 Å². The van der Waals surface area contributed by atoms with Gasteiger partial charge in [0.2, 0.25) is 0 Å². The van der Waals surface area contributed by atoms with E-state index in [1.807, 2.05) is 6.07 Å².